The molecule has 0 amide bonds. The van der Waals surface area contributed by atoms with E-state index < -0.39 is 0 Å². The van der Waals surface area contributed by atoms with Crippen molar-refractivity contribution in [1.82, 2.24) is 14.5 Å². The Balaban J connectivity index is 1.68. The van der Waals surface area contributed by atoms with E-state index in [0.29, 0.717) is 11.3 Å². The van der Waals surface area contributed by atoms with E-state index in [4.69, 9.17) is 9.72 Å². The van der Waals surface area contributed by atoms with Gasteiger partial charge in [-0.05, 0) is 55.9 Å². The number of hydrogen-bond donors (Lipinski definition) is 0. The highest BCUT2D eigenvalue weighted by atomic mass is 32.2. The second-order valence-corrected chi connectivity index (χ2v) is 7.61. The number of hydrogen-bond acceptors (Lipinski definition) is 4. The van der Waals surface area contributed by atoms with Gasteiger partial charge in [-0.1, -0.05) is 0 Å². The minimum Gasteiger partial charge on any atom is -0.381 e. The van der Waals surface area contributed by atoms with Crippen LogP contribution < -0.4 is 0 Å². The van der Waals surface area contributed by atoms with Gasteiger partial charge in [0.05, 0.1) is 5.37 Å². The summed E-state index contributed by atoms with van der Waals surface area (Å²) in [6.45, 7) is 1.81. The number of thioether (sulfide) groups is 1. The van der Waals surface area contributed by atoms with Crippen molar-refractivity contribution in [3.8, 4) is 0 Å². The molecule has 5 heteroatoms. The number of imidazole rings is 1. The van der Waals surface area contributed by atoms with Gasteiger partial charge in [0.1, 0.15) is 11.3 Å². The molecule has 2 aromatic rings. The van der Waals surface area contributed by atoms with Gasteiger partial charge in [0.25, 0.3) is 0 Å². The van der Waals surface area contributed by atoms with Crippen molar-refractivity contribution in [3.05, 3.63) is 24.2 Å². The Hall–Kier alpha value is -1.07. The van der Waals surface area contributed by atoms with E-state index in [1.807, 2.05) is 12.3 Å². The summed E-state index contributed by atoms with van der Waals surface area (Å²) in [6.07, 6.45) is 9.19. The van der Waals surface area contributed by atoms with Gasteiger partial charge < -0.3 is 4.74 Å². The molecule has 2 saturated heterocycles. The molecule has 2 aliphatic heterocycles. The SMILES string of the molecule is c1cnc2c(c1)nc(CC1CCOCC1)n2C1CCCCS1. The maximum absolute atomic E-state index is 5.50. The Morgan fingerprint density at radius 1 is 1.23 bits per heavy atom. The second kappa shape index (κ2) is 6.59. The van der Waals surface area contributed by atoms with Crippen molar-refractivity contribution < 1.29 is 4.74 Å². The average Bonchev–Trinajstić information content (AvgIpc) is 2.94. The lowest BCUT2D eigenvalue weighted by atomic mass is 9.96. The molecule has 1 atom stereocenters. The van der Waals surface area contributed by atoms with E-state index in [-0.39, 0.29) is 0 Å². The van der Waals surface area contributed by atoms with Crippen LogP contribution in [0.4, 0.5) is 0 Å². The van der Waals surface area contributed by atoms with Crippen LogP contribution in [0, 0.1) is 5.92 Å². The molecular weight excluding hydrogens is 294 g/mol. The molecule has 1 unspecified atom stereocenters. The first kappa shape index (κ1) is 14.5. The minimum absolute atomic E-state index is 0.517. The van der Waals surface area contributed by atoms with Crippen LogP contribution in [-0.4, -0.2) is 33.5 Å². The molecule has 4 heterocycles. The number of aromatic nitrogens is 3. The Morgan fingerprint density at radius 2 is 2.14 bits per heavy atom. The molecule has 22 heavy (non-hydrogen) atoms. The summed E-state index contributed by atoms with van der Waals surface area (Å²) in [4.78, 5) is 9.56. The molecule has 0 N–H and O–H groups in total. The molecule has 0 spiro atoms. The predicted octanol–water partition coefficient (Wildman–Crippen LogP) is 3.82. The third-order valence-electron chi connectivity index (χ3n) is 4.78. The highest BCUT2D eigenvalue weighted by molar-refractivity contribution is 7.99. The van der Waals surface area contributed by atoms with E-state index in [2.05, 4.69) is 27.4 Å². The molecule has 2 aromatic heterocycles. The summed E-state index contributed by atoms with van der Waals surface area (Å²) in [7, 11) is 0. The lowest BCUT2D eigenvalue weighted by Crippen LogP contribution is -2.21. The van der Waals surface area contributed by atoms with Crippen molar-refractivity contribution in [3.63, 3.8) is 0 Å². The van der Waals surface area contributed by atoms with E-state index in [9.17, 15) is 0 Å². The Bertz CT molecular complexity index is 630. The van der Waals surface area contributed by atoms with E-state index in [1.54, 1.807) is 0 Å². The number of ether oxygens (including phenoxy) is 1. The molecule has 0 aliphatic carbocycles. The van der Waals surface area contributed by atoms with Gasteiger partial charge in [0.15, 0.2) is 5.65 Å². The summed E-state index contributed by atoms with van der Waals surface area (Å²) >= 11 is 2.07. The van der Waals surface area contributed by atoms with Crippen LogP contribution in [0.5, 0.6) is 0 Å². The van der Waals surface area contributed by atoms with Crippen molar-refractivity contribution in [2.75, 3.05) is 19.0 Å². The van der Waals surface area contributed by atoms with Crippen molar-refractivity contribution in [2.24, 2.45) is 5.92 Å². The molecule has 4 nitrogen and oxygen atoms in total. The molecular formula is C17H23N3OS. The quantitative estimate of drug-likeness (QED) is 0.863. The van der Waals surface area contributed by atoms with Crippen molar-refractivity contribution in [2.45, 2.75) is 43.9 Å². The van der Waals surface area contributed by atoms with Gasteiger partial charge >= 0.3 is 0 Å². The third kappa shape index (κ3) is 2.88. The highest BCUT2D eigenvalue weighted by Crippen LogP contribution is 2.37. The first-order valence-electron chi connectivity index (χ1n) is 8.43. The predicted molar refractivity (Wildman–Crippen MR) is 90.1 cm³/mol. The Labute approximate surface area is 135 Å². The maximum Gasteiger partial charge on any atom is 0.160 e. The van der Waals surface area contributed by atoms with Gasteiger partial charge in [-0.2, -0.15) is 0 Å². The van der Waals surface area contributed by atoms with Gasteiger partial charge in [-0.25, -0.2) is 9.97 Å². The zero-order valence-electron chi connectivity index (χ0n) is 12.9. The van der Waals surface area contributed by atoms with Gasteiger partial charge in [0, 0.05) is 25.8 Å². The monoisotopic (exact) mass is 317 g/mol. The van der Waals surface area contributed by atoms with Gasteiger partial charge in [-0.15, -0.1) is 11.8 Å². The van der Waals surface area contributed by atoms with Crippen LogP contribution in [0.15, 0.2) is 18.3 Å². The van der Waals surface area contributed by atoms with Gasteiger partial charge in [0.2, 0.25) is 0 Å². The third-order valence-corrected chi connectivity index (χ3v) is 6.13. The topological polar surface area (TPSA) is 39.9 Å². The molecule has 2 aliphatic rings. The first-order valence-corrected chi connectivity index (χ1v) is 9.48. The normalized spacial score (nSPS) is 23.9. The van der Waals surface area contributed by atoms with Crippen LogP contribution in [0.2, 0.25) is 0 Å². The molecule has 2 fully saturated rings. The summed E-state index contributed by atoms with van der Waals surface area (Å²) < 4.78 is 7.94. The zero-order valence-corrected chi connectivity index (χ0v) is 13.7. The smallest absolute Gasteiger partial charge is 0.160 e. The van der Waals surface area contributed by atoms with Gasteiger partial charge in [-0.3, -0.25) is 4.57 Å². The molecule has 0 bridgehead atoms. The number of rotatable bonds is 3. The standard InChI is InChI=1S/C17H23N3OS/c1-2-11-22-16(5-1)20-15(12-13-6-9-21-10-7-13)19-14-4-3-8-18-17(14)20/h3-4,8,13,16H,1-2,5-7,9-12H2. The van der Waals surface area contributed by atoms with Crippen LogP contribution >= 0.6 is 11.8 Å². The summed E-state index contributed by atoms with van der Waals surface area (Å²) in [5.41, 5.74) is 2.12. The Morgan fingerprint density at radius 3 is 2.95 bits per heavy atom. The van der Waals surface area contributed by atoms with E-state index >= 15 is 0 Å². The molecule has 118 valence electrons. The second-order valence-electron chi connectivity index (χ2n) is 6.33. The fraction of sp³-hybridized carbons (Fsp3) is 0.647. The molecule has 0 aromatic carbocycles. The molecule has 4 rings (SSSR count). The highest BCUT2D eigenvalue weighted by Gasteiger charge is 2.25. The fourth-order valence-electron chi connectivity index (χ4n) is 3.56. The maximum atomic E-state index is 5.50. The zero-order chi connectivity index (χ0) is 14.8. The van der Waals surface area contributed by atoms with Crippen LogP contribution in [-0.2, 0) is 11.2 Å². The summed E-state index contributed by atoms with van der Waals surface area (Å²) in [5.74, 6) is 3.20. The largest absolute Gasteiger partial charge is 0.381 e. The summed E-state index contributed by atoms with van der Waals surface area (Å²) in [5, 5.41) is 0.517. The average molecular weight is 317 g/mol. The summed E-state index contributed by atoms with van der Waals surface area (Å²) in [6, 6.07) is 4.09. The van der Waals surface area contributed by atoms with Crippen LogP contribution in [0.25, 0.3) is 11.2 Å². The number of fused-ring (bicyclic) bond motifs is 1. The number of pyridine rings is 1. The number of nitrogens with zero attached hydrogens (tertiary/aromatic N) is 3. The van der Waals surface area contributed by atoms with Crippen molar-refractivity contribution in [1.29, 1.82) is 0 Å². The lowest BCUT2D eigenvalue weighted by Gasteiger charge is -2.26. The molecule has 0 saturated carbocycles. The van der Waals surface area contributed by atoms with Crippen LogP contribution in [0.3, 0.4) is 0 Å². The Kier molecular flexibility index (Phi) is 4.35. The molecule has 0 radical (unpaired) electrons. The first-order chi connectivity index (χ1) is 10.9. The lowest BCUT2D eigenvalue weighted by molar-refractivity contribution is 0.0657. The fourth-order valence-corrected chi connectivity index (χ4v) is 4.91. The van der Waals surface area contributed by atoms with Crippen LogP contribution in [0.1, 0.15) is 43.3 Å². The van der Waals surface area contributed by atoms with Crippen molar-refractivity contribution >= 4 is 22.9 Å². The van der Waals surface area contributed by atoms with E-state index in [0.717, 1.165) is 43.6 Å². The minimum atomic E-state index is 0.517. The van der Waals surface area contributed by atoms with E-state index in [1.165, 1.54) is 30.8 Å².